The van der Waals surface area contributed by atoms with E-state index < -0.39 is 23.8 Å². The Labute approximate surface area is 214 Å². The minimum atomic E-state index is -0.837. The van der Waals surface area contributed by atoms with Gasteiger partial charge in [-0.3, -0.25) is 0 Å². The lowest BCUT2D eigenvalue weighted by Gasteiger charge is -2.40. The Morgan fingerprint density at radius 1 is 1.22 bits per heavy atom. The molecule has 0 aromatic heterocycles. The fourth-order valence-corrected chi connectivity index (χ4v) is 5.29. The lowest BCUT2D eigenvalue weighted by atomic mass is 9.68. The number of carbonyl (C=O) groups is 1. The highest BCUT2D eigenvalue weighted by molar-refractivity contribution is 5.87. The fraction of sp³-hybridized carbons (Fsp3) is 0.621. The van der Waals surface area contributed by atoms with Crippen molar-refractivity contribution >= 4 is 12.0 Å². The first-order chi connectivity index (χ1) is 17.1. The van der Waals surface area contributed by atoms with E-state index in [1.54, 1.807) is 6.08 Å². The molecule has 4 rings (SSSR count). The molecule has 2 saturated heterocycles. The van der Waals surface area contributed by atoms with Gasteiger partial charge < -0.3 is 28.8 Å². The molecule has 1 aromatic carbocycles. The van der Waals surface area contributed by atoms with Gasteiger partial charge in [0.25, 0.3) is 0 Å². The van der Waals surface area contributed by atoms with Crippen LogP contribution in [-0.2, 0) is 23.7 Å². The summed E-state index contributed by atoms with van der Waals surface area (Å²) in [5, 5.41) is 11.3. The molecule has 3 aliphatic rings. The molecule has 1 saturated carbocycles. The van der Waals surface area contributed by atoms with Crippen LogP contribution in [0.2, 0.25) is 0 Å². The Morgan fingerprint density at radius 3 is 2.58 bits per heavy atom. The summed E-state index contributed by atoms with van der Waals surface area (Å²) in [7, 11) is 0. The number of rotatable bonds is 11. The summed E-state index contributed by atoms with van der Waals surface area (Å²) in [6.45, 7) is 11.8. The Kier molecular flexibility index (Phi) is 8.25. The van der Waals surface area contributed by atoms with Crippen LogP contribution < -0.4 is 4.74 Å². The van der Waals surface area contributed by atoms with Crippen LogP contribution in [0.5, 0.6) is 5.75 Å². The summed E-state index contributed by atoms with van der Waals surface area (Å²) in [5.74, 6) is 0.0440. The van der Waals surface area contributed by atoms with Gasteiger partial charge in [0, 0.05) is 6.08 Å². The summed E-state index contributed by atoms with van der Waals surface area (Å²) < 4.78 is 28.8. The van der Waals surface area contributed by atoms with Crippen LogP contribution in [0.15, 0.2) is 42.0 Å². The van der Waals surface area contributed by atoms with Crippen molar-refractivity contribution in [3.63, 3.8) is 0 Å². The molecule has 198 valence electrons. The molecule has 7 heteroatoms. The van der Waals surface area contributed by atoms with Crippen LogP contribution in [-0.4, -0.2) is 66.5 Å². The highest BCUT2D eigenvalue weighted by Crippen LogP contribution is 2.59. The lowest BCUT2D eigenvalue weighted by Crippen LogP contribution is -2.54. The molecular formula is C29H40O7. The molecule has 7 nitrogen and oxygen atoms in total. The maximum atomic E-state index is 12.6. The van der Waals surface area contributed by atoms with Crippen molar-refractivity contribution in [2.45, 2.75) is 89.5 Å². The van der Waals surface area contributed by atoms with Gasteiger partial charge in [0.2, 0.25) is 0 Å². The quantitative estimate of drug-likeness (QED) is 0.158. The molecule has 0 bridgehead atoms. The van der Waals surface area contributed by atoms with E-state index in [1.165, 1.54) is 11.6 Å². The second-order valence-corrected chi connectivity index (χ2v) is 10.8. The van der Waals surface area contributed by atoms with Crippen molar-refractivity contribution in [3.05, 3.63) is 47.6 Å². The number of hydrogen-bond acceptors (Lipinski definition) is 7. The van der Waals surface area contributed by atoms with E-state index in [1.807, 2.05) is 45.0 Å². The van der Waals surface area contributed by atoms with Crippen molar-refractivity contribution in [3.8, 4) is 5.75 Å². The molecule has 0 amide bonds. The maximum Gasteiger partial charge on any atom is 0.331 e. The number of esters is 1. The van der Waals surface area contributed by atoms with E-state index in [0.29, 0.717) is 26.2 Å². The topological polar surface area (TPSA) is 90.0 Å². The number of benzene rings is 1. The molecule has 2 aliphatic heterocycles. The molecule has 1 spiro atoms. The molecular weight excluding hydrogens is 460 g/mol. The van der Waals surface area contributed by atoms with Gasteiger partial charge in [-0.15, -0.1) is 0 Å². The SMILES string of the molecule is CC(C)=CCC1O[C@]1(C)C1[C@H](O)[C@H](OC(=O)/C=C/c2ccc(OCCOC(C)C)cc2)CCC12CO2. The average molecular weight is 501 g/mol. The van der Waals surface area contributed by atoms with Gasteiger partial charge in [0.05, 0.1) is 37.4 Å². The Morgan fingerprint density at radius 2 is 1.94 bits per heavy atom. The molecule has 1 aliphatic carbocycles. The summed E-state index contributed by atoms with van der Waals surface area (Å²) in [6.07, 6.45) is 6.18. The van der Waals surface area contributed by atoms with Gasteiger partial charge in [0.1, 0.15) is 29.7 Å². The fourth-order valence-electron chi connectivity index (χ4n) is 5.29. The minimum absolute atomic E-state index is 0.0390. The van der Waals surface area contributed by atoms with Gasteiger partial charge in [-0.2, -0.15) is 0 Å². The first-order valence-corrected chi connectivity index (χ1v) is 13.0. The normalized spacial score (nSPS) is 33.1. The van der Waals surface area contributed by atoms with Crippen LogP contribution >= 0.6 is 0 Å². The number of aliphatic hydroxyl groups excluding tert-OH is 1. The second kappa shape index (κ2) is 11.1. The second-order valence-electron chi connectivity index (χ2n) is 10.8. The van der Waals surface area contributed by atoms with Crippen molar-refractivity contribution < 1.29 is 33.6 Å². The van der Waals surface area contributed by atoms with E-state index in [-0.39, 0.29) is 23.7 Å². The van der Waals surface area contributed by atoms with Gasteiger partial charge in [0.15, 0.2) is 0 Å². The van der Waals surface area contributed by atoms with E-state index in [9.17, 15) is 9.90 Å². The zero-order chi connectivity index (χ0) is 25.9. The van der Waals surface area contributed by atoms with E-state index in [4.69, 9.17) is 23.7 Å². The monoisotopic (exact) mass is 500 g/mol. The molecule has 1 N–H and O–H groups in total. The first-order valence-electron chi connectivity index (χ1n) is 13.0. The molecule has 3 fully saturated rings. The number of allylic oxidation sites excluding steroid dienone is 1. The van der Waals surface area contributed by atoms with E-state index >= 15 is 0 Å². The van der Waals surface area contributed by atoms with Gasteiger partial charge in [-0.25, -0.2) is 4.79 Å². The smallest absolute Gasteiger partial charge is 0.331 e. The highest BCUT2D eigenvalue weighted by Gasteiger charge is 2.71. The standard InChI is InChI=1S/C29H40O7/c1-19(2)6-12-24-28(5,36-24)27-26(31)23(14-15-29(27)18-34-29)35-25(30)13-9-21-7-10-22(11-8-21)33-17-16-32-20(3)4/h6-11,13,20,23-24,26-27,31H,12,14-18H2,1-5H3/b13-9+/t23-,24?,26-,27?,28+,29?/m1/s1. The number of hydrogen-bond donors (Lipinski definition) is 1. The van der Waals surface area contributed by atoms with Crippen molar-refractivity contribution in [2.75, 3.05) is 19.8 Å². The predicted octanol–water partition coefficient (Wildman–Crippen LogP) is 4.47. The largest absolute Gasteiger partial charge is 0.491 e. The number of carbonyl (C=O) groups excluding carboxylic acids is 1. The molecule has 6 atom stereocenters. The minimum Gasteiger partial charge on any atom is -0.491 e. The summed E-state index contributed by atoms with van der Waals surface area (Å²) in [5.41, 5.74) is 1.25. The molecule has 3 unspecified atom stereocenters. The van der Waals surface area contributed by atoms with Gasteiger partial charge >= 0.3 is 5.97 Å². The highest BCUT2D eigenvalue weighted by atomic mass is 16.6. The lowest BCUT2D eigenvalue weighted by molar-refractivity contribution is -0.162. The van der Waals surface area contributed by atoms with Crippen molar-refractivity contribution in [2.24, 2.45) is 5.92 Å². The van der Waals surface area contributed by atoms with Gasteiger partial charge in [-0.05, 0) is 77.7 Å². The van der Waals surface area contributed by atoms with Crippen LogP contribution in [0, 0.1) is 5.92 Å². The molecule has 36 heavy (non-hydrogen) atoms. The predicted molar refractivity (Wildman–Crippen MR) is 137 cm³/mol. The van der Waals surface area contributed by atoms with Crippen molar-refractivity contribution in [1.82, 2.24) is 0 Å². The summed E-state index contributed by atoms with van der Waals surface area (Å²) in [6, 6.07) is 7.46. The third kappa shape index (κ3) is 6.38. The molecule has 0 radical (unpaired) electrons. The van der Waals surface area contributed by atoms with Crippen LogP contribution in [0.4, 0.5) is 0 Å². The van der Waals surface area contributed by atoms with E-state index in [0.717, 1.165) is 24.2 Å². The average Bonchev–Trinajstić information content (AvgIpc) is 3.74. The molecule has 2 heterocycles. The van der Waals surface area contributed by atoms with Crippen molar-refractivity contribution in [1.29, 1.82) is 0 Å². The van der Waals surface area contributed by atoms with Crippen LogP contribution in [0.25, 0.3) is 6.08 Å². The third-order valence-corrected chi connectivity index (χ3v) is 7.36. The molecule has 1 aromatic rings. The zero-order valence-electron chi connectivity index (χ0n) is 22.1. The summed E-state index contributed by atoms with van der Waals surface area (Å²) in [4.78, 5) is 12.6. The number of epoxide rings is 2. The van der Waals surface area contributed by atoms with Crippen LogP contribution in [0.1, 0.15) is 59.4 Å². The maximum absolute atomic E-state index is 12.6. The Balaban J connectivity index is 1.30. The zero-order valence-corrected chi connectivity index (χ0v) is 22.1. The van der Waals surface area contributed by atoms with E-state index in [2.05, 4.69) is 19.9 Å². The Bertz CT molecular complexity index is 958. The first kappa shape index (κ1) is 26.9. The number of aliphatic hydroxyl groups is 1. The van der Waals surface area contributed by atoms with Gasteiger partial charge in [-0.1, -0.05) is 23.8 Å². The van der Waals surface area contributed by atoms with Crippen LogP contribution in [0.3, 0.4) is 0 Å². The Hall–Kier alpha value is -2.19. The number of ether oxygens (including phenoxy) is 5. The summed E-state index contributed by atoms with van der Waals surface area (Å²) >= 11 is 0. The third-order valence-electron chi connectivity index (χ3n) is 7.36.